The molecule has 0 heterocycles. The Bertz CT molecular complexity index is 629. The van der Waals surface area contributed by atoms with Crippen LogP contribution in [0.2, 0.25) is 0 Å². The number of hydrogen-bond acceptors (Lipinski definition) is 3. The van der Waals surface area contributed by atoms with Gasteiger partial charge in [-0.1, -0.05) is 43.7 Å². The molecule has 0 spiro atoms. The molecule has 0 radical (unpaired) electrons. The smallest absolute Gasteiger partial charge is 0.314 e. The molecule has 1 aliphatic rings. The number of allylic oxidation sites excluding steroid dienone is 4. The van der Waals surface area contributed by atoms with Gasteiger partial charge in [0.15, 0.2) is 0 Å². The Morgan fingerprint density at radius 2 is 1.92 bits per heavy atom. The molecule has 0 aliphatic heterocycles. The molecular weight excluding hydrogens is 310 g/mol. The number of hydrogen-bond donors (Lipinski definition) is 0. The Kier molecular flexibility index (Phi) is 7.98. The molecule has 0 amide bonds. The molecule has 0 N–H and O–H groups in total. The average Bonchev–Trinajstić information content (AvgIpc) is 2.65. The molecule has 3 nitrogen and oxygen atoms in total. The number of aryl methyl sites for hydroxylation is 1. The van der Waals surface area contributed by atoms with Gasteiger partial charge < -0.3 is 4.74 Å². The number of unbranched alkanes of at least 4 members (excludes halogenated alkanes) is 1. The topological polar surface area (TPSA) is 50.1 Å². The first-order chi connectivity index (χ1) is 12.2. The third-order valence-corrected chi connectivity index (χ3v) is 4.73. The van der Waals surface area contributed by atoms with Crippen LogP contribution in [0.5, 0.6) is 5.75 Å². The van der Waals surface area contributed by atoms with Crippen LogP contribution in [-0.4, -0.2) is 5.97 Å². The van der Waals surface area contributed by atoms with Crippen molar-refractivity contribution in [2.45, 2.75) is 51.9 Å². The zero-order valence-electron chi connectivity index (χ0n) is 15.0. The van der Waals surface area contributed by atoms with E-state index >= 15 is 0 Å². The van der Waals surface area contributed by atoms with Crippen LogP contribution in [0.4, 0.5) is 0 Å². The molecule has 3 heteroatoms. The predicted molar refractivity (Wildman–Crippen MR) is 100 cm³/mol. The van der Waals surface area contributed by atoms with E-state index in [9.17, 15) is 4.79 Å². The van der Waals surface area contributed by atoms with E-state index in [1.54, 1.807) is 6.08 Å². The Hall–Kier alpha value is -2.34. The lowest BCUT2D eigenvalue weighted by atomic mass is 9.82. The largest absolute Gasteiger partial charge is 0.426 e. The lowest BCUT2D eigenvalue weighted by molar-refractivity contribution is -0.140. The van der Waals surface area contributed by atoms with Crippen molar-refractivity contribution < 1.29 is 9.53 Å². The van der Waals surface area contributed by atoms with Crippen LogP contribution >= 0.6 is 0 Å². The maximum absolute atomic E-state index is 12.3. The maximum atomic E-state index is 12.3. The molecule has 132 valence electrons. The molecule has 1 aromatic carbocycles. The normalized spacial score (nSPS) is 20.6. The highest BCUT2D eigenvalue weighted by Crippen LogP contribution is 2.31. The summed E-state index contributed by atoms with van der Waals surface area (Å²) in [5.74, 6) is 1.03. The first-order valence-electron chi connectivity index (χ1n) is 9.26. The van der Waals surface area contributed by atoms with Crippen molar-refractivity contribution in [1.82, 2.24) is 0 Å². The minimum absolute atomic E-state index is 0.000863. The van der Waals surface area contributed by atoms with Gasteiger partial charge in [0, 0.05) is 6.08 Å². The second kappa shape index (κ2) is 10.5. The minimum Gasteiger partial charge on any atom is -0.426 e. The highest BCUT2D eigenvalue weighted by Gasteiger charge is 2.26. The van der Waals surface area contributed by atoms with Gasteiger partial charge in [-0.15, -0.1) is 0 Å². The molecule has 2 rings (SSSR count). The van der Waals surface area contributed by atoms with E-state index in [1.165, 1.54) is 24.5 Å². The monoisotopic (exact) mass is 337 g/mol. The van der Waals surface area contributed by atoms with Gasteiger partial charge in [0.2, 0.25) is 0 Å². The summed E-state index contributed by atoms with van der Waals surface area (Å²) in [7, 11) is 0. The van der Waals surface area contributed by atoms with E-state index in [0.717, 1.165) is 32.1 Å². The first-order valence-corrected chi connectivity index (χ1v) is 9.26. The van der Waals surface area contributed by atoms with Crippen molar-refractivity contribution in [3.05, 3.63) is 54.1 Å². The summed E-state index contributed by atoms with van der Waals surface area (Å²) >= 11 is 0. The van der Waals surface area contributed by atoms with E-state index < -0.39 is 0 Å². The number of carbonyl (C=O) groups excluding carboxylic acids is 1. The van der Waals surface area contributed by atoms with Crippen molar-refractivity contribution in [3.8, 4) is 11.8 Å². The SMILES string of the molecule is CCCCc1ccc(OC(=O)C2CCC(C=CC=CC#N)CC2)cc1. The standard InChI is InChI=1S/C22H27NO2/c1-2-3-7-18-11-15-21(16-12-18)25-22(24)20-13-9-19(10-14-20)8-5-4-6-17-23/h4-6,8,11-12,15-16,19-20H,2-3,7,9-10,13-14H2,1H3. The number of benzene rings is 1. The van der Waals surface area contributed by atoms with Gasteiger partial charge in [-0.3, -0.25) is 4.79 Å². The van der Waals surface area contributed by atoms with Gasteiger partial charge in [0.1, 0.15) is 5.75 Å². The van der Waals surface area contributed by atoms with E-state index in [-0.39, 0.29) is 11.9 Å². The fourth-order valence-corrected chi connectivity index (χ4v) is 3.17. The number of nitriles is 1. The summed E-state index contributed by atoms with van der Waals surface area (Å²) < 4.78 is 5.56. The number of esters is 1. The molecule has 0 bridgehead atoms. The lowest BCUT2D eigenvalue weighted by Gasteiger charge is -2.25. The first kappa shape index (κ1) is 19.0. The quantitative estimate of drug-likeness (QED) is 0.290. The molecule has 0 atom stereocenters. The number of nitrogens with zero attached hydrogens (tertiary/aromatic N) is 1. The van der Waals surface area contributed by atoms with Crippen molar-refractivity contribution in [3.63, 3.8) is 0 Å². The molecule has 1 fully saturated rings. The second-order valence-corrected chi connectivity index (χ2v) is 6.65. The van der Waals surface area contributed by atoms with Crippen LogP contribution < -0.4 is 4.74 Å². The van der Waals surface area contributed by atoms with Gasteiger partial charge in [-0.25, -0.2) is 0 Å². The Labute approximate surface area is 151 Å². The number of rotatable bonds is 7. The Balaban J connectivity index is 1.77. The molecule has 1 saturated carbocycles. The molecule has 0 aromatic heterocycles. The third-order valence-electron chi connectivity index (χ3n) is 4.73. The van der Waals surface area contributed by atoms with E-state index in [0.29, 0.717) is 11.7 Å². The van der Waals surface area contributed by atoms with E-state index in [2.05, 4.69) is 25.1 Å². The lowest BCUT2D eigenvalue weighted by Crippen LogP contribution is -2.25. The molecule has 0 saturated heterocycles. The minimum atomic E-state index is -0.104. The fourth-order valence-electron chi connectivity index (χ4n) is 3.17. The highest BCUT2D eigenvalue weighted by molar-refractivity contribution is 5.75. The van der Waals surface area contributed by atoms with Gasteiger partial charge in [-0.2, -0.15) is 5.26 Å². The van der Waals surface area contributed by atoms with Crippen LogP contribution in [0, 0.1) is 23.2 Å². The summed E-state index contributed by atoms with van der Waals surface area (Å²) in [5, 5.41) is 8.45. The molecule has 1 aromatic rings. The summed E-state index contributed by atoms with van der Waals surface area (Å²) in [6, 6.07) is 9.87. The van der Waals surface area contributed by atoms with Crippen LogP contribution in [0.25, 0.3) is 0 Å². The van der Waals surface area contributed by atoms with Gasteiger partial charge in [-0.05, 0) is 62.1 Å². The zero-order valence-corrected chi connectivity index (χ0v) is 15.0. The average molecular weight is 337 g/mol. The maximum Gasteiger partial charge on any atom is 0.314 e. The third kappa shape index (κ3) is 6.58. The van der Waals surface area contributed by atoms with Gasteiger partial charge in [0.25, 0.3) is 0 Å². The van der Waals surface area contributed by atoms with Crippen LogP contribution in [0.1, 0.15) is 51.0 Å². The summed E-state index contributed by atoms with van der Waals surface area (Å²) in [4.78, 5) is 12.3. The van der Waals surface area contributed by atoms with Gasteiger partial charge in [0.05, 0.1) is 12.0 Å². The second-order valence-electron chi connectivity index (χ2n) is 6.65. The van der Waals surface area contributed by atoms with E-state index in [4.69, 9.17) is 10.00 Å². The predicted octanol–water partition coefficient (Wildman–Crippen LogP) is 5.38. The summed E-state index contributed by atoms with van der Waals surface area (Å²) in [6.07, 6.45) is 14.4. The summed E-state index contributed by atoms with van der Waals surface area (Å²) in [5.41, 5.74) is 1.29. The van der Waals surface area contributed by atoms with Crippen LogP contribution in [-0.2, 0) is 11.2 Å². The van der Waals surface area contributed by atoms with Crippen molar-refractivity contribution in [2.75, 3.05) is 0 Å². The fraction of sp³-hybridized carbons (Fsp3) is 0.455. The van der Waals surface area contributed by atoms with Crippen LogP contribution in [0.15, 0.2) is 48.6 Å². The molecule has 0 unspecified atom stereocenters. The van der Waals surface area contributed by atoms with E-state index in [1.807, 2.05) is 24.3 Å². The number of ether oxygens (including phenoxy) is 1. The van der Waals surface area contributed by atoms with Gasteiger partial charge >= 0.3 is 5.97 Å². The van der Waals surface area contributed by atoms with Crippen LogP contribution in [0.3, 0.4) is 0 Å². The molecule has 25 heavy (non-hydrogen) atoms. The molecule has 1 aliphatic carbocycles. The van der Waals surface area contributed by atoms with Crippen molar-refractivity contribution in [1.29, 1.82) is 5.26 Å². The Morgan fingerprint density at radius 3 is 2.56 bits per heavy atom. The zero-order chi connectivity index (χ0) is 17.9. The summed E-state index contributed by atoms with van der Waals surface area (Å²) in [6.45, 7) is 2.18. The highest BCUT2D eigenvalue weighted by atomic mass is 16.5. The van der Waals surface area contributed by atoms with Crippen molar-refractivity contribution in [2.24, 2.45) is 11.8 Å². The molecular formula is C22H27NO2. The Morgan fingerprint density at radius 1 is 1.20 bits per heavy atom. The number of carbonyl (C=O) groups is 1. The van der Waals surface area contributed by atoms with Crippen molar-refractivity contribution >= 4 is 5.97 Å².